The maximum atomic E-state index is 12.7. The SMILES string of the molecule is Cc1ccc([S@](=O)/N=C\c2cc3ccccc3n2C(=O)OC(C)(C)C)cc1. The Labute approximate surface area is 161 Å². The molecular formula is C21H22N2O3S. The van der Waals surface area contributed by atoms with E-state index in [1.54, 1.807) is 12.1 Å². The highest BCUT2D eigenvalue weighted by Crippen LogP contribution is 2.21. The number of nitrogens with zero attached hydrogens (tertiary/aromatic N) is 2. The van der Waals surface area contributed by atoms with Crippen molar-refractivity contribution in [1.29, 1.82) is 0 Å². The van der Waals surface area contributed by atoms with E-state index in [0.29, 0.717) is 16.1 Å². The molecule has 3 rings (SSSR count). The average Bonchev–Trinajstić information content (AvgIpc) is 2.97. The summed E-state index contributed by atoms with van der Waals surface area (Å²) in [4.78, 5) is 13.3. The van der Waals surface area contributed by atoms with Gasteiger partial charge in [0.25, 0.3) is 0 Å². The first-order chi connectivity index (χ1) is 12.7. The van der Waals surface area contributed by atoms with Crippen molar-refractivity contribution >= 4 is 34.2 Å². The molecule has 140 valence electrons. The molecule has 1 aromatic heterocycles. The van der Waals surface area contributed by atoms with E-state index in [9.17, 15) is 9.00 Å². The largest absolute Gasteiger partial charge is 0.443 e. The molecule has 0 amide bonds. The highest BCUT2D eigenvalue weighted by Gasteiger charge is 2.21. The lowest BCUT2D eigenvalue weighted by Gasteiger charge is -2.20. The van der Waals surface area contributed by atoms with Gasteiger partial charge in [0.05, 0.1) is 22.3 Å². The molecule has 0 fully saturated rings. The van der Waals surface area contributed by atoms with Crippen LogP contribution in [0.4, 0.5) is 4.79 Å². The molecule has 0 spiro atoms. The van der Waals surface area contributed by atoms with Gasteiger partial charge in [-0.3, -0.25) is 0 Å². The van der Waals surface area contributed by atoms with Crippen LogP contribution < -0.4 is 0 Å². The van der Waals surface area contributed by atoms with Crippen molar-refractivity contribution in [2.75, 3.05) is 0 Å². The minimum atomic E-state index is -1.55. The van der Waals surface area contributed by atoms with Crippen LogP contribution in [-0.2, 0) is 15.7 Å². The zero-order chi connectivity index (χ0) is 19.6. The molecule has 0 bridgehead atoms. The number of hydrogen-bond donors (Lipinski definition) is 0. The van der Waals surface area contributed by atoms with Gasteiger partial charge in [0.1, 0.15) is 5.60 Å². The molecule has 5 nitrogen and oxygen atoms in total. The van der Waals surface area contributed by atoms with Crippen molar-refractivity contribution in [2.45, 2.75) is 38.2 Å². The predicted octanol–water partition coefficient (Wildman–Crippen LogP) is 4.87. The van der Waals surface area contributed by atoms with Gasteiger partial charge in [-0.2, -0.15) is 4.40 Å². The molecule has 0 N–H and O–H groups in total. The van der Waals surface area contributed by atoms with Crippen LogP contribution in [0, 0.1) is 6.92 Å². The summed E-state index contributed by atoms with van der Waals surface area (Å²) in [6.45, 7) is 7.42. The van der Waals surface area contributed by atoms with Crippen LogP contribution in [-0.4, -0.2) is 26.7 Å². The van der Waals surface area contributed by atoms with E-state index in [0.717, 1.165) is 10.9 Å². The van der Waals surface area contributed by atoms with Crippen molar-refractivity contribution in [3.8, 4) is 0 Å². The molecule has 0 aliphatic heterocycles. The summed E-state index contributed by atoms with van der Waals surface area (Å²) in [7, 11) is -1.55. The van der Waals surface area contributed by atoms with E-state index in [2.05, 4.69) is 4.40 Å². The predicted molar refractivity (Wildman–Crippen MR) is 109 cm³/mol. The third-order valence-corrected chi connectivity index (χ3v) is 4.79. The number of hydrogen-bond acceptors (Lipinski definition) is 3. The van der Waals surface area contributed by atoms with Gasteiger partial charge in [0.15, 0.2) is 11.0 Å². The first-order valence-electron chi connectivity index (χ1n) is 8.61. The highest BCUT2D eigenvalue weighted by atomic mass is 32.2. The second-order valence-electron chi connectivity index (χ2n) is 7.24. The topological polar surface area (TPSA) is 60.7 Å². The Kier molecular flexibility index (Phi) is 5.28. The van der Waals surface area contributed by atoms with Gasteiger partial charge in [0, 0.05) is 5.39 Å². The number of para-hydroxylation sites is 1. The highest BCUT2D eigenvalue weighted by molar-refractivity contribution is 7.83. The van der Waals surface area contributed by atoms with Crippen molar-refractivity contribution in [3.63, 3.8) is 0 Å². The van der Waals surface area contributed by atoms with Crippen molar-refractivity contribution in [1.82, 2.24) is 4.57 Å². The molecule has 1 atom stereocenters. The lowest BCUT2D eigenvalue weighted by Crippen LogP contribution is -2.28. The fourth-order valence-corrected chi connectivity index (χ4v) is 3.29. The Morgan fingerprint density at radius 1 is 1.11 bits per heavy atom. The molecule has 0 saturated heterocycles. The third-order valence-electron chi connectivity index (χ3n) is 3.82. The monoisotopic (exact) mass is 382 g/mol. The summed E-state index contributed by atoms with van der Waals surface area (Å²) in [5.74, 6) is 0. The summed E-state index contributed by atoms with van der Waals surface area (Å²) in [5, 5.41) is 0.880. The van der Waals surface area contributed by atoms with Gasteiger partial charge in [-0.1, -0.05) is 35.9 Å². The van der Waals surface area contributed by atoms with Crippen LogP contribution >= 0.6 is 0 Å². The molecule has 27 heavy (non-hydrogen) atoms. The van der Waals surface area contributed by atoms with E-state index >= 15 is 0 Å². The van der Waals surface area contributed by atoms with Crippen LogP contribution in [0.1, 0.15) is 32.0 Å². The Morgan fingerprint density at radius 2 is 1.78 bits per heavy atom. The molecule has 2 aromatic carbocycles. The fraction of sp³-hybridized carbons (Fsp3) is 0.238. The van der Waals surface area contributed by atoms with Gasteiger partial charge >= 0.3 is 6.09 Å². The lowest BCUT2D eigenvalue weighted by atomic mass is 10.2. The van der Waals surface area contributed by atoms with Crippen LogP contribution in [0.2, 0.25) is 0 Å². The van der Waals surface area contributed by atoms with Gasteiger partial charge in [0.2, 0.25) is 0 Å². The molecule has 0 unspecified atom stereocenters. The second kappa shape index (κ2) is 7.48. The maximum absolute atomic E-state index is 12.7. The Bertz CT molecular complexity index is 1030. The average molecular weight is 382 g/mol. The second-order valence-corrected chi connectivity index (χ2v) is 8.42. The zero-order valence-corrected chi connectivity index (χ0v) is 16.6. The number of rotatable bonds is 3. The Hall–Kier alpha value is -2.73. The minimum Gasteiger partial charge on any atom is -0.443 e. The van der Waals surface area contributed by atoms with Gasteiger partial charge in [-0.15, -0.1) is 0 Å². The van der Waals surface area contributed by atoms with Crippen LogP contribution in [0.15, 0.2) is 63.9 Å². The molecule has 0 saturated carbocycles. The number of aryl methyl sites for hydroxylation is 1. The molecule has 3 aromatic rings. The van der Waals surface area contributed by atoms with E-state index in [1.165, 1.54) is 10.8 Å². The number of carbonyl (C=O) groups is 1. The molecule has 0 aliphatic carbocycles. The van der Waals surface area contributed by atoms with Crippen molar-refractivity contribution in [3.05, 3.63) is 65.9 Å². The zero-order valence-electron chi connectivity index (χ0n) is 15.8. The number of ether oxygens (including phenoxy) is 1. The van der Waals surface area contributed by atoms with E-state index in [1.807, 2.05) is 70.2 Å². The summed E-state index contributed by atoms with van der Waals surface area (Å²) < 4.78 is 23.6. The van der Waals surface area contributed by atoms with Gasteiger partial charge in [-0.25, -0.2) is 13.6 Å². The van der Waals surface area contributed by atoms with Crippen LogP contribution in [0.3, 0.4) is 0 Å². The molecular weight excluding hydrogens is 360 g/mol. The van der Waals surface area contributed by atoms with Crippen LogP contribution in [0.5, 0.6) is 0 Å². The van der Waals surface area contributed by atoms with Crippen molar-refractivity contribution < 1.29 is 13.7 Å². The number of carbonyl (C=O) groups excluding carboxylic acids is 1. The molecule has 0 radical (unpaired) electrons. The number of aromatic nitrogens is 1. The third kappa shape index (κ3) is 4.52. The Morgan fingerprint density at radius 3 is 2.44 bits per heavy atom. The summed E-state index contributed by atoms with van der Waals surface area (Å²) in [5.41, 5.74) is 1.70. The summed E-state index contributed by atoms with van der Waals surface area (Å²) in [6.07, 6.45) is 0.964. The number of benzene rings is 2. The Balaban J connectivity index is 1.98. The molecule has 0 aliphatic rings. The van der Waals surface area contributed by atoms with Crippen molar-refractivity contribution in [2.24, 2.45) is 4.40 Å². The quantitative estimate of drug-likeness (QED) is 0.607. The lowest BCUT2D eigenvalue weighted by molar-refractivity contribution is 0.0544. The van der Waals surface area contributed by atoms with Crippen LogP contribution in [0.25, 0.3) is 10.9 Å². The molecule has 6 heteroatoms. The normalized spacial score (nSPS) is 13.2. The summed E-state index contributed by atoms with van der Waals surface area (Å²) in [6, 6.07) is 16.7. The van der Waals surface area contributed by atoms with E-state index < -0.39 is 22.7 Å². The smallest absolute Gasteiger partial charge is 0.419 e. The van der Waals surface area contributed by atoms with Gasteiger partial charge in [-0.05, 0) is 52.0 Å². The fourth-order valence-electron chi connectivity index (χ4n) is 2.60. The maximum Gasteiger partial charge on any atom is 0.419 e. The van der Waals surface area contributed by atoms with Gasteiger partial charge < -0.3 is 4.74 Å². The first kappa shape index (κ1) is 19.0. The standard InChI is InChI=1S/C21H22N2O3S/c1-15-9-11-18(12-10-15)27(25)22-14-17-13-16-7-5-6-8-19(16)23(17)20(24)26-21(2,3)4/h5-14H,1-4H3/b22-14-/t27-/m0/s1. The number of fused-ring (bicyclic) bond motifs is 1. The van der Waals surface area contributed by atoms with E-state index in [4.69, 9.17) is 4.74 Å². The first-order valence-corrected chi connectivity index (χ1v) is 9.72. The molecule has 1 heterocycles. The minimum absolute atomic E-state index is 0.494. The summed E-state index contributed by atoms with van der Waals surface area (Å²) >= 11 is 0. The van der Waals surface area contributed by atoms with E-state index in [-0.39, 0.29) is 0 Å².